The normalized spacial score (nSPS) is 28.4. The summed E-state index contributed by atoms with van der Waals surface area (Å²) in [5.74, 6) is -0.114. The molecular formula is C22H34FNO2. The van der Waals surface area contributed by atoms with Crippen LogP contribution < -0.4 is 0 Å². The van der Waals surface area contributed by atoms with E-state index in [2.05, 4.69) is 18.7 Å². The number of phenols is 1. The first-order valence-corrected chi connectivity index (χ1v) is 10.3. The van der Waals surface area contributed by atoms with Gasteiger partial charge < -0.3 is 9.84 Å². The van der Waals surface area contributed by atoms with Crippen LogP contribution >= 0.6 is 0 Å². The Bertz CT molecular complexity index is 602. The summed E-state index contributed by atoms with van der Waals surface area (Å²) in [6, 6.07) is 3.34. The second-order valence-corrected chi connectivity index (χ2v) is 8.54. The molecule has 1 saturated heterocycles. The van der Waals surface area contributed by atoms with E-state index in [0.29, 0.717) is 17.6 Å². The lowest BCUT2D eigenvalue weighted by Gasteiger charge is -2.48. The third kappa shape index (κ3) is 4.40. The number of benzene rings is 1. The van der Waals surface area contributed by atoms with Crippen LogP contribution in [0.25, 0.3) is 0 Å². The summed E-state index contributed by atoms with van der Waals surface area (Å²) in [5.41, 5.74) is 1.95. The number of rotatable bonds is 5. The molecule has 3 nitrogen and oxygen atoms in total. The monoisotopic (exact) mass is 363 g/mol. The molecule has 1 aromatic rings. The second kappa shape index (κ2) is 8.26. The minimum Gasteiger partial charge on any atom is -0.505 e. The number of ether oxygens (including phenoxy) is 1. The smallest absolute Gasteiger partial charge is 0.165 e. The molecule has 1 aliphatic carbocycles. The average Bonchev–Trinajstić information content (AvgIpc) is 2.62. The number of aryl methyl sites for hydroxylation is 1. The minimum atomic E-state index is -0.490. The zero-order valence-corrected chi connectivity index (χ0v) is 16.6. The van der Waals surface area contributed by atoms with Gasteiger partial charge in [0.05, 0.1) is 6.10 Å². The molecule has 0 aromatic heterocycles. The predicted octanol–water partition coefficient (Wildman–Crippen LogP) is 4.83. The van der Waals surface area contributed by atoms with Crippen molar-refractivity contribution in [2.45, 2.75) is 77.4 Å². The molecule has 2 fully saturated rings. The van der Waals surface area contributed by atoms with Gasteiger partial charge >= 0.3 is 0 Å². The summed E-state index contributed by atoms with van der Waals surface area (Å²) in [6.07, 6.45) is 8.24. The Labute approximate surface area is 157 Å². The summed E-state index contributed by atoms with van der Waals surface area (Å²) in [4.78, 5) is 2.67. The number of hydrogen-bond donors (Lipinski definition) is 1. The molecular weight excluding hydrogens is 329 g/mol. The number of nitrogens with zero attached hydrogens (tertiary/aromatic N) is 1. The van der Waals surface area contributed by atoms with Gasteiger partial charge in [0.2, 0.25) is 0 Å². The van der Waals surface area contributed by atoms with Crippen molar-refractivity contribution in [3.05, 3.63) is 29.1 Å². The zero-order chi connectivity index (χ0) is 18.7. The summed E-state index contributed by atoms with van der Waals surface area (Å²) < 4.78 is 19.6. The van der Waals surface area contributed by atoms with Crippen LogP contribution in [0.4, 0.5) is 4.39 Å². The van der Waals surface area contributed by atoms with Crippen LogP contribution in [0.1, 0.15) is 63.5 Å². The van der Waals surface area contributed by atoms with Gasteiger partial charge in [-0.05, 0) is 102 Å². The predicted molar refractivity (Wildman–Crippen MR) is 103 cm³/mol. The van der Waals surface area contributed by atoms with Gasteiger partial charge in [-0.15, -0.1) is 0 Å². The van der Waals surface area contributed by atoms with Gasteiger partial charge in [-0.1, -0.05) is 6.07 Å². The van der Waals surface area contributed by atoms with Crippen molar-refractivity contribution in [3.63, 3.8) is 0 Å². The maximum absolute atomic E-state index is 13.8. The first-order chi connectivity index (χ1) is 12.4. The van der Waals surface area contributed by atoms with Gasteiger partial charge in [-0.25, -0.2) is 4.39 Å². The van der Waals surface area contributed by atoms with Crippen LogP contribution in [0, 0.1) is 18.7 Å². The highest BCUT2D eigenvalue weighted by atomic mass is 19.1. The van der Waals surface area contributed by atoms with Crippen molar-refractivity contribution in [1.29, 1.82) is 0 Å². The molecule has 1 N–H and O–H groups in total. The molecule has 0 atom stereocenters. The number of piperidine rings is 1. The van der Waals surface area contributed by atoms with E-state index in [1.807, 2.05) is 13.0 Å². The summed E-state index contributed by atoms with van der Waals surface area (Å²) in [6.45, 7) is 9.41. The Morgan fingerprint density at radius 1 is 1.19 bits per heavy atom. The molecule has 26 heavy (non-hydrogen) atoms. The molecule has 0 unspecified atom stereocenters. The van der Waals surface area contributed by atoms with Crippen LogP contribution in [0.15, 0.2) is 12.1 Å². The number of hydrogen-bond acceptors (Lipinski definition) is 3. The maximum atomic E-state index is 13.8. The number of halogens is 1. The van der Waals surface area contributed by atoms with Gasteiger partial charge in [-0.3, -0.25) is 4.90 Å². The Kier molecular flexibility index (Phi) is 6.24. The lowest BCUT2D eigenvalue weighted by Crippen LogP contribution is -2.52. The van der Waals surface area contributed by atoms with Gasteiger partial charge in [0, 0.05) is 12.1 Å². The molecule has 3 rings (SSSR count). The third-order valence-corrected chi connectivity index (χ3v) is 6.59. The molecule has 1 aromatic carbocycles. The fraction of sp³-hybridized carbons (Fsp3) is 0.727. The molecule has 1 heterocycles. The van der Waals surface area contributed by atoms with Crippen molar-refractivity contribution in [3.8, 4) is 5.75 Å². The van der Waals surface area contributed by atoms with E-state index in [4.69, 9.17) is 4.74 Å². The second-order valence-electron chi connectivity index (χ2n) is 8.54. The van der Waals surface area contributed by atoms with Gasteiger partial charge in [0.25, 0.3) is 0 Å². The molecule has 1 aliphatic heterocycles. The van der Waals surface area contributed by atoms with Crippen LogP contribution in [-0.4, -0.2) is 41.3 Å². The average molecular weight is 364 g/mol. The number of likely N-dealkylation sites (tertiary alicyclic amines) is 1. The molecule has 0 radical (unpaired) electrons. The van der Waals surface area contributed by atoms with Crippen molar-refractivity contribution < 1.29 is 14.2 Å². The first-order valence-electron chi connectivity index (χ1n) is 10.3. The molecule has 0 bridgehead atoms. The maximum Gasteiger partial charge on any atom is 0.165 e. The van der Waals surface area contributed by atoms with Gasteiger partial charge in [0.15, 0.2) is 11.6 Å². The highest BCUT2D eigenvalue weighted by Crippen LogP contribution is 2.38. The number of phenolic OH excluding ortho intramolecular Hbond substituents is 1. The van der Waals surface area contributed by atoms with E-state index in [-0.39, 0.29) is 5.75 Å². The summed E-state index contributed by atoms with van der Waals surface area (Å²) in [5, 5.41) is 10.0. The quantitative estimate of drug-likeness (QED) is 0.813. The SMILES string of the molecule is CCOC1CCC(C)(N2CCC(Cc3cc(C)cc(F)c3O)CC2)CC1. The molecule has 2 aliphatic rings. The van der Waals surface area contributed by atoms with Crippen LogP contribution in [0.2, 0.25) is 0 Å². The van der Waals surface area contributed by atoms with Crippen molar-refractivity contribution >= 4 is 0 Å². The highest BCUT2D eigenvalue weighted by Gasteiger charge is 2.38. The van der Waals surface area contributed by atoms with Crippen LogP contribution in [0.3, 0.4) is 0 Å². The minimum absolute atomic E-state index is 0.153. The zero-order valence-electron chi connectivity index (χ0n) is 16.6. The lowest BCUT2D eigenvalue weighted by atomic mass is 9.78. The third-order valence-electron chi connectivity index (χ3n) is 6.59. The van der Waals surface area contributed by atoms with Crippen molar-refractivity contribution in [2.75, 3.05) is 19.7 Å². The fourth-order valence-electron chi connectivity index (χ4n) is 4.88. The van der Waals surface area contributed by atoms with E-state index in [1.165, 1.54) is 31.7 Å². The first kappa shape index (κ1) is 19.6. The fourth-order valence-corrected chi connectivity index (χ4v) is 4.88. The Morgan fingerprint density at radius 2 is 1.85 bits per heavy atom. The Morgan fingerprint density at radius 3 is 2.46 bits per heavy atom. The van der Waals surface area contributed by atoms with Crippen molar-refractivity contribution in [2.24, 2.45) is 5.92 Å². The van der Waals surface area contributed by atoms with E-state index < -0.39 is 5.82 Å². The summed E-state index contributed by atoms with van der Waals surface area (Å²) >= 11 is 0. The van der Waals surface area contributed by atoms with E-state index >= 15 is 0 Å². The Balaban J connectivity index is 1.53. The van der Waals surface area contributed by atoms with Gasteiger partial charge in [0.1, 0.15) is 0 Å². The molecule has 4 heteroatoms. The molecule has 0 spiro atoms. The van der Waals surface area contributed by atoms with Crippen LogP contribution in [0.5, 0.6) is 5.75 Å². The van der Waals surface area contributed by atoms with Gasteiger partial charge in [-0.2, -0.15) is 0 Å². The topological polar surface area (TPSA) is 32.7 Å². The standard InChI is InChI=1S/C22H34FNO2/c1-4-26-19-5-9-22(3,10-6-19)24-11-7-17(8-12-24)15-18-13-16(2)14-20(23)21(18)25/h13-14,17,19,25H,4-12,15H2,1-3H3. The highest BCUT2D eigenvalue weighted by molar-refractivity contribution is 5.37. The molecule has 0 amide bonds. The van der Waals surface area contributed by atoms with E-state index in [9.17, 15) is 9.50 Å². The van der Waals surface area contributed by atoms with E-state index in [0.717, 1.165) is 50.1 Å². The molecule has 1 saturated carbocycles. The lowest BCUT2D eigenvalue weighted by molar-refractivity contribution is -0.0280. The Hall–Kier alpha value is -1.13. The molecule has 146 valence electrons. The summed E-state index contributed by atoms with van der Waals surface area (Å²) in [7, 11) is 0. The van der Waals surface area contributed by atoms with Crippen molar-refractivity contribution in [1.82, 2.24) is 4.90 Å². The number of aromatic hydroxyl groups is 1. The van der Waals surface area contributed by atoms with E-state index in [1.54, 1.807) is 0 Å². The largest absolute Gasteiger partial charge is 0.505 e. The van der Waals surface area contributed by atoms with Crippen LogP contribution in [-0.2, 0) is 11.2 Å².